The van der Waals surface area contributed by atoms with Crippen LogP contribution in [0.4, 0.5) is 25.0 Å². The van der Waals surface area contributed by atoms with Crippen LogP contribution in [0.5, 0.6) is 0 Å². The number of ether oxygens (including phenoxy) is 2. The van der Waals surface area contributed by atoms with E-state index in [0.29, 0.717) is 31.0 Å². The molecule has 4 heterocycles. The maximum absolute atomic E-state index is 15.2. The van der Waals surface area contributed by atoms with Crippen molar-refractivity contribution in [2.75, 3.05) is 69.0 Å². The molecule has 0 bridgehead atoms. The van der Waals surface area contributed by atoms with Gasteiger partial charge in [-0.1, -0.05) is 6.92 Å². The van der Waals surface area contributed by atoms with Crippen molar-refractivity contribution in [2.24, 2.45) is 0 Å². The van der Waals surface area contributed by atoms with Gasteiger partial charge in [-0.15, -0.1) is 0 Å². The van der Waals surface area contributed by atoms with Gasteiger partial charge in [0.2, 0.25) is 11.7 Å². The zero-order chi connectivity index (χ0) is 29.6. The van der Waals surface area contributed by atoms with Crippen LogP contribution in [0.1, 0.15) is 23.8 Å². The van der Waals surface area contributed by atoms with E-state index in [1.165, 1.54) is 18.3 Å². The summed E-state index contributed by atoms with van der Waals surface area (Å²) in [6.07, 6.45) is 4.62. The van der Waals surface area contributed by atoms with E-state index in [1.807, 2.05) is 6.92 Å². The Balaban J connectivity index is 1.10. The van der Waals surface area contributed by atoms with Gasteiger partial charge in [-0.3, -0.25) is 14.0 Å². The Bertz CT molecular complexity index is 1390. The number of halogens is 2. The van der Waals surface area contributed by atoms with Crippen molar-refractivity contribution in [3.8, 4) is 0 Å². The summed E-state index contributed by atoms with van der Waals surface area (Å²) in [5.74, 6) is -1.88. The fourth-order valence-corrected chi connectivity index (χ4v) is 4.81. The first kappa shape index (κ1) is 29.0. The number of aromatic nitrogens is 3. The number of imidazole rings is 1. The van der Waals surface area contributed by atoms with Gasteiger partial charge in [0.1, 0.15) is 18.1 Å². The number of hydrogen-bond acceptors (Lipinski definition) is 9. The number of carbonyl (C=O) groups is 3. The second kappa shape index (κ2) is 13.0. The van der Waals surface area contributed by atoms with Crippen LogP contribution in [-0.2, 0) is 14.3 Å². The molecule has 0 saturated carbocycles. The Morgan fingerprint density at radius 3 is 2.57 bits per heavy atom. The average Bonchev–Trinajstić information content (AvgIpc) is 3.65. The van der Waals surface area contributed by atoms with Crippen molar-refractivity contribution in [3.05, 3.63) is 54.1 Å². The lowest BCUT2D eigenvalue weighted by molar-refractivity contribution is -0.130. The maximum Gasteiger partial charge on any atom is 0.407 e. The summed E-state index contributed by atoms with van der Waals surface area (Å²) in [7, 11) is 0. The first-order chi connectivity index (χ1) is 20.3. The molecule has 2 aliphatic heterocycles. The summed E-state index contributed by atoms with van der Waals surface area (Å²) in [5, 5.41) is 5.19. The highest BCUT2D eigenvalue weighted by molar-refractivity contribution is 5.95. The monoisotopic (exact) mass is 586 g/mol. The molecule has 3 amide bonds. The van der Waals surface area contributed by atoms with Crippen molar-refractivity contribution in [2.45, 2.75) is 19.4 Å². The van der Waals surface area contributed by atoms with E-state index >= 15 is 8.78 Å². The largest absolute Gasteiger partial charge is 0.450 e. The molecule has 224 valence electrons. The summed E-state index contributed by atoms with van der Waals surface area (Å²) < 4.78 is 42.5. The minimum atomic E-state index is -0.719. The number of carbonyl (C=O) groups excluding carboxylic acids is 3. The zero-order valence-electron chi connectivity index (χ0n) is 23.1. The van der Waals surface area contributed by atoms with Gasteiger partial charge < -0.3 is 34.8 Å². The normalized spacial score (nSPS) is 17.0. The zero-order valence-corrected chi connectivity index (χ0v) is 23.1. The second-order valence-electron chi connectivity index (χ2n) is 9.92. The smallest absolute Gasteiger partial charge is 0.407 e. The van der Waals surface area contributed by atoms with Gasteiger partial charge in [-0.2, -0.15) is 0 Å². The molecule has 0 spiro atoms. The minimum Gasteiger partial charge on any atom is -0.450 e. The van der Waals surface area contributed by atoms with Crippen LogP contribution in [0.2, 0.25) is 0 Å². The molecule has 2 aromatic heterocycles. The minimum absolute atomic E-state index is 0.125. The molecule has 0 unspecified atom stereocenters. The van der Waals surface area contributed by atoms with E-state index in [2.05, 4.69) is 20.6 Å². The topological polar surface area (TPSA) is 134 Å². The molecular formula is C27H32F2N8O5. The Labute approximate surface area is 240 Å². The second-order valence-corrected chi connectivity index (χ2v) is 9.92. The standard InChI is InChI=1S/C27H32F2N8O5/c1-2-10-41-27(40)32-13-19-15-37(17-42-19)18-11-20(28)24(21(29)12-18)35-8-6-34(7-9-35)23(38)14-31-25(39)22-16-36-5-3-4-30-26(36)33-22/h3-5,11-12,16,19H,2,6-10,13-15,17H2,1H3,(H,31,39)(H,32,40)/t19-/m0/s1. The molecule has 42 heavy (non-hydrogen) atoms. The molecule has 13 nitrogen and oxygen atoms in total. The highest BCUT2D eigenvalue weighted by atomic mass is 19.1. The number of hydrogen-bond donors (Lipinski definition) is 2. The molecule has 2 fully saturated rings. The van der Waals surface area contributed by atoms with E-state index in [1.54, 1.807) is 37.6 Å². The SMILES string of the molecule is CCCOC(=O)NC[C@H]1CN(c2cc(F)c(N3CCN(C(=O)CNC(=O)c4cn5cccnc5n4)CC3)c(F)c2)CO1. The van der Waals surface area contributed by atoms with Gasteiger partial charge in [0.25, 0.3) is 5.91 Å². The lowest BCUT2D eigenvalue weighted by Gasteiger charge is -2.36. The number of nitrogens with one attached hydrogen (secondary N) is 2. The fourth-order valence-electron chi connectivity index (χ4n) is 4.81. The molecule has 0 radical (unpaired) electrons. The number of anilines is 2. The summed E-state index contributed by atoms with van der Waals surface area (Å²) in [6.45, 7) is 3.59. The van der Waals surface area contributed by atoms with Crippen LogP contribution in [0.15, 0.2) is 36.8 Å². The van der Waals surface area contributed by atoms with Gasteiger partial charge in [-0.05, 0) is 24.6 Å². The third-order valence-corrected chi connectivity index (χ3v) is 6.99. The van der Waals surface area contributed by atoms with Crippen LogP contribution >= 0.6 is 0 Å². The number of fused-ring (bicyclic) bond motifs is 1. The van der Waals surface area contributed by atoms with Crippen LogP contribution in [0, 0.1) is 11.6 Å². The predicted octanol–water partition coefficient (Wildman–Crippen LogP) is 1.39. The molecule has 1 aromatic carbocycles. The molecule has 3 aromatic rings. The van der Waals surface area contributed by atoms with Crippen molar-refractivity contribution in [1.82, 2.24) is 29.9 Å². The summed E-state index contributed by atoms with van der Waals surface area (Å²) in [5.41, 5.74) is 0.313. The number of rotatable bonds is 9. The van der Waals surface area contributed by atoms with E-state index in [4.69, 9.17) is 9.47 Å². The number of benzene rings is 1. The Morgan fingerprint density at radius 1 is 1.10 bits per heavy atom. The third kappa shape index (κ3) is 6.67. The Morgan fingerprint density at radius 2 is 1.86 bits per heavy atom. The lowest BCUT2D eigenvalue weighted by Crippen LogP contribution is -2.51. The van der Waals surface area contributed by atoms with Crippen molar-refractivity contribution < 1.29 is 32.6 Å². The predicted molar refractivity (Wildman–Crippen MR) is 147 cm³/mol. The Kier molecular flexibility index (Phi) is 8.95. The van der Waals surface area contributed by atoms with Crippen LogP contribution in [0.3, 0.4) is 0 Å². The van der Waals surface area contributed by atoms with Gasteiger partial charge in [0.15, 0.2) is 11.6 Å². The Hall–Kier alpha value is -4.53. The van der Waals surface area contributed by atoms with Gasteiger partial charge in [0.05, 0.1) is 19.3 Å². The van der Waals surface area contributed by atoms with Crippen molar-refractivity contribution in [1.29, 1.82) is 0 Å². The number of nitrogens with zero attached hydrogens (tertiary/aromatic N) is 6. The van der Waals surface area contributed by atoms with Crippen molar-refractivity contribution >= 4 is 35.1 Å². The average molecular weight is 587 g/mol. The summed E-state index contributed by atoms with van der Waals surface area (Å²) >= 11 is 0. The van der Waals surface area contributed by atoms with Crippen LogP contribution in [0.25, 0.3) is 5.78 Å². The third-order valence-electron chi connectivity index (χ3n) is 6.99. The molecule has 2 saturated heterocycles. The number of amides is 3. The van der Waals surface area contributed by atoms with Crippen molar-refractivity contribution in [3.63, 3.8) is 0 Å². The highest BCUT2D eigenvalue weighted by Gasteiger charge is 2.29. The van der Waals surface area contributed by atoms with Gasteiger partial charge in [-0.25, -0.2) is 23.5 Å². The molecular weight excluding hydrogens is 554 g/mol. The first-order valence-corrected chi connectivity index (χ1v) is 13.7. The first-order valence-electron chi connectivity index (χ1n) is 13.7. The van der Waals surface area contributed by atoms with E-state index in [0.717, 1.165) is 0 Å². The van der Waals surface area contributed by atoms with E-state index in [9.17, 15) is 14.4 Å². The molecule has 1 atom stereocenters. The van der Waals surface area contributed by atoms with Crippen LogP contribution in [-0.4, -0.2) is 102 Å². The molecule has 5 rings (SSSR count). The van der Waals surface area contributed by atoms with Gasteiger partial charge >= 0.3 is 6.09 Å². The van der Waals surface area contributed by atoms with E-state index in [-0.39, 0.29) is 69.4 Å². The molecule has 0 aliphatic carbocycles. The highest BCUT2D eigenvalue weighted by Crippen LogP contribution is 2.31. The number of alkyl carbamates (subject to hydrolysis) is 1. The number of piperazine rings is 1. The fraction of sp³-hybridized carbons (Fsp3) is 0.444. The quantitative estimate of drug-likeness (QED) is 0.382. The lowest BCUT2D eigenvalue weighted by atomic mass is 10.2. The summed E-state index contributed by atoms with van der Waals surface area (Å²) in [4.78, 5) is 49.7. The van der Waals surface area contributed by atoms with Crippen LogP contribution < -0.4 is 20.4 Å². The molecule has 2 N–H and O–H groups in total. The molecule has 15 heteroatoms. The summed E-state index contributed by atoms with van der Waals surface area (Å²) in [6, 6.07) is 4.23. The van der Waals surface area contributed by atoms with E-state index < -0.39 is 23.6 Å². The molecule has 2 aliphatic rings. The van der Waals surface area contributed by atoms with Gasteiger partial charge in [0, 0.05) is 63.5 Å². The maximum atomic E-state index is 15.2.